The van der Waals surface area contributed by atoms with Gasteiger partial charge in [0.2, 0.25) is 0 Å². The molecule has 3 N–H and O–H groups in total. The predicted octanol–water partition coefficient (Wildman–Crippen LogP) is 8.91. The minimum Gasteiger partial charge on any atom is -0.507 e. The molecular formula is C29H50O3. The number of unbranched alkanes of at least 4 members (excludes halogenated alkanes) is 19. The van der Waals surface area contributed by atoms with Crippen LogP contribution in [0.5, 0.6) is 11.5 Å². The Hall–Kier alpha value is -1.48. The quantitative estimate of drug-likeness (QED) is 0.156. The number of benzene rings is 1. The van der Waals surface area contributed by atoms with Crippen molar-refractivity contribution in [2.24, 2.45) is 0 Å². The Morgan fingerprint density at radius 2 is 0.844 bits per heavy atom. The minimum atomic E-state index is 0.137. The molecule has 0 spiro atoms. The van der Waals surface area contributed by atoms with E-state index in [0.717, 1.165) is 12.8 Å². The van der Waals surface area contributed by atoms with Crippen molar-refractivity contribution >= 4 is 6.08 Å². The summed E-state index contributed by atoms with van der Waals surface area (Å²) < 4.78 is 0. The fourth-order valence-corrected chi connectivity index (χ4v) is 4.29. The zero-order valence-corrected chi connectivity index (χ0v) is 20.6. The van der Waals surface area contributed by atoms with Crippen LogP contribution in [-0.4, -0.2) is 21.9 Å². The van der Waals surface area contributed by atoms with Gasteiger partial charge in [-0.1, -0.05) is 127 Å². The van der Waals surface area contributed by atoms with Crippen LogP contribution in [-0.2, 0) is 0 Å². The number of aromatic hydroxyl groups is 2. The lowest BCUT2D eigenvalue weighted by Gasteiger charge is -2.04. The average Bonchev–Trinajstić information content (AvgIpc) is 2.79. The second kappa shape index (κ2) is 21.4. The van der Waals surface area contributed by atoms with E-state index in [2.05, 4.69) is 6.08 Å². The van der Waals surface area contributed by atoms with Crippen LogP contribution in [0.1, 0.15) is 134 Å². The highest BCUT2D eigenvalue weighted by Gasteiger charge is 2.01. The molecule has 0 saturated heterocycles. The van der Waals surface area contributed by atoms with Crippen LogP contribution in [0.4, 0.5) is 0 Å². The second-order valence-electron chi connectivity index (χ2n) is 9.34. The molecule has 0 aliphatic heterocycles. The van der Waals surface area contributed by atoms with E-state index in [4.69, 9.17) is 5.11 Å². The van der Waals surface area contributed by atoms with Gasteiger partial charge in [-0.15, -0.1) is 0 Å². The van der Waals surface area contributed by atoms with Crippen molar-refractivity contribution < 1.29 is 15.3 Å². The molecule has 0 aliphatic rings. The van der Waals surface area contributed by atoms with E-state index >= 15 is 0 Å². The molecule has 0 radical (unpaired) electrons. The van der Waals surface area contributed by atoms with E-state index in [1.54, 1.807) is 18.2 Å². The molecule has 3 nitrogen and oxygen atoms in total. The number of aliphatic hydroxyl groups excluding tert-OH is 1. The van der Waals surface area contributed by atoms with Gasteiger partial charge in [-0.25, -0.2) is 0 Å². The third kappa shape index (κ3) is 16.2. The molecule has 184 valence electrons. The molecule has 0 amide bonds. The maximum atomic E-state index is 9.75. The van der Waals surface area contributed by atoms with Crippen molar-refractivity contribution in [3.05, 3.63) is 29.8 Å². The lowest BCUT2D eigenvalue weighted by molar-refractivity contribution is 0.282. The normalized spacial score (nSPS) is 11.5. The number of rotatable bonds is 22. The zero-order chi connectivity index (χ0) is 23.1. The Morgan fingerprint density at radius 3 is 1.22 bits per heavy atom. The summed E-state index contributed by atoms with van der Waals surface area (Å²) in [5, 5.41) is 28.2. The van der Waals surface area contributed by atoms with Crippen molar-refractivity contribution in [2.45, 2.75) is 128 Å². The highest BCUT2D eigenvalue weighted by Crippen LogP contribution is 2.27. The van der Waals surface area contributed by atoms with Gasteiger partial charge < -0.3 is 15.3 Å². The van der Waals surface area contributed by atoms with E-state index in [-0.39, 0.29) is 11.5 Å². The lowest BCUT2D eigenvalue weighted by atomic mass is 10.0. The molecular weight excluding hydrogens is 396 g/mol. The number of hydrogen-bond acceptors (Lipinski definition) is 3. The van der Waals surface area contributed by atoms with E-state index in [1.807, 2.05) is 6.08 Å². The molecule has 3 heteroatoms. The summed E-state index contributed by atoms with van der Waals surface area (Å²) in [6.45, 7) is 0.357. The summed E-state index contributed by atoms with van der Waals surface area (Å²) >= 11 is 0. The van der Waals surface area contributed by atoms with Crippen LogP contribution in [0.25, 0.3) is 6.08 Å². The Morgan fingerprint density at radius 1 is 0.500 bits per heavy atom. The van der Waals surface area contributed by atoms with E-state index in [0.29, 0.717) is 12.2 Å². The molecule has 1 aromatic carbocycles. The molecule has 0 aliphatic carbocycles. The van der Waals surface area contributed by atoms with E-state index < -0.39 is 0 Å². The number of aliphatic hydroxyl groups is 1. The monoisotopic (exact) mass is 446 g/mol. The van der Waals surface area contributed by atoms with Gasteiger partial charge in [-0.3, -0.25) is 0 Å². The molecule has 0 bridgehead atoms. The predicted molar refractivity (Wildman–Crippen MR) is 138 cm³/mol. The molecule has 0 fully saturated rings. The number of allylic oxidation sites excluding steroid dienone is 1. The smallest absolute Gasteiger partial charge is 0.126 e. The zero-order valence-electron chi connectivity index (χ0n) is 20.6. The van der Waals surface area contributed by atoms with Crippen LogP contribution in [0.3, 0.4) is 0 Å². The first kappa shape index (κ1) is 28.6. The molecule has 0 aromatic heterocycles. The summed E-state index contributed by atoms with van der Waals surface area (Å²) in [5.74, 6) is 0.275. The molecule has 1 rings (SSSR count). The SMILES string of the molecule is OCCCCCCCCCCCCCCCCCCCCCC=Cc1c(O)cccc1O. The topological polar surface area (TPSA) is 60.7 Å². The van der Waals surface area contributed by atoms with Crippen molar-refractivity contribution in [3.63, 3.8) is 0 Å². The third-order valence-electron chi connectivity index (χ3n) is 6.37. The van der Waals surface area contributed by atoms with Crippen LogP contribution < -0.4 is 0 Å². The van der Waals surface area contributed by atoms with Crippen LogP contribution >= 0.6 is 0 Å². The summed E-state index contributed by atoms with van der Waals surface area (Å²) in [6, 6.07) is 4.85. The first-order valence-corrected chi connectivity index (χ1v) is 13.5. The molecule has 1 aromatic rings. The fourth-order valence-electron chi connectivity index (χ4n) is 4.29. The summed E-state index contributed by atoms with van der Waals surface area (Å²) in [7, 11) is 0. The maximum absolute atomic E-state index is 9.75. The van der Waals surface area contributed by atoms with Gasteiger partial charge in [0.15, 0.2) is 0 Å². The minimum absolute atomic E-state index is 0.137. The van der Waals surface area contributed by atoms with Gasteiger partial charge in [0.05, 0.1) is 5.56 Å². The van der Waals surface area contributed by atoms with Gasteiger partial charge in [0, 0.05) is 6.61 Å². The Labute approximate surface area is 198 Å². The van der Waals surface area contributed by atoms with Crippen molar-refractivity contribution in [1.29, 1.82) is 0 Å². The standard InChI is InChI=1S/C29H50O3/c30-26-21-19-17-15-13-11-9-7-5-3-1-2-4-6-8-10-12-14-16-18-20-23-27-28(31)24-22-25-29(27)32/h20,22-25,30-32H,1-19,21,26H2. The number of hydrogen-bond donors (Lipinski definition) is 3. The molecule has 32 heavy (non-hydrogen) atoms. The number of phenols is 2. The van der Waals surface area contributed by atoms with Gasteiger partial charge in [-0.2, -0.15) is 0 Å². The van der Waals surface area contributed by atoms with Crippen LogP contribution in [0, 0.1) is 0 Å². The maximum Gasteiger partial charge on any atom is 0.126 e. The van der Waals surface area contributed by atoms with Gasteiger partial charge in [-0.05, 0) is 31.4 Å². The lowest BCUT2D eigenvalue weighted by Crippen LogP contribution is -1.85. The molecule has 0 unspecified atom stereocenters. The van der Waals surface area contributed by atoms with Gasteiger partial charge in [0.1, 0.15) is 11.5 Å². The molecule has 0 atom stereocenters. The molecule has 0 heterocycles. The Kier molecular flexibility index (Phi) is 19.1. The Balaban J connectivity index is 1.76. The highest BCUT2D eigenvalue weighted by molar-refractivity contribution is 5.63. The second-order valence-corrected chi connectivity index (χ2v) is 9.34. The summed E-state index contributed by atoms with van der Waals surface area (Å²) in [4.78, 5) is 0. The van der Waals surface area contributed by atoms with E-state index in [1.165, 1.54) is 116 Å². The van der Waals surface area contributed by atoms with Crippen LogP contribution in [0.15, 0.2) is 24.3 Å². The van der Waals surface area contributed by atoms with Gasteiger partial charge in [0.25, 0.3) is 0 Å². The third-order valence-corrected chi connectivity index (χ3v) is 6.37. The van der Waals surface area contributed by atoms with Gasteiger partial charge >= 0.3 is 0 Å². The largest absolute Gasteiger partial charge is 0.507 e. The summed E-state index contributed by atoms with van der Waals surface area (Å²) in [5.41, 5.74) is 0.522. The van der Waals surface area contributed by atoms with E-state index in [9.17, 15) is 10.2 Å². The first-order valence-electron chi connectivity index (χ1n) is 13.5. The van der Waals surface area contributed by atoms with Crippen molar-refractivity contribution in [1.82, 2.24) is 0 Å². The number of phenolic OH excluding ortho intramolecular Hbond substituents is 2. The van der Waals surface area contributed by atoms with Crippen LogP contribution in [0.2, 0.25) is 0 Å². The van der Waals surface area contributed by atoms with Crippen molar-refractivity contribution in [2.75, 3.05) is 6.61 Å². The fraction of sp³-hybridized carbons (Fsp3) is 0.724. The van der Waals surface area contributed by atoms with Crippen molar-refractivity contribution in [3.8, 4) is 11.5 Å². The molecule has 0 saturated carbocycles. The summed E-state index contributed by atoms with van der Waals surface area (Å²) in [6.07, 6.45) is 30.2. The Bertz CT molecular complexity index is 547. The first-order chi connectivity index (χ1) is 15.8. The highest BCUT2D eigenvalue weighted by atomic mass is 16.3. The average molecular weight is 447 g/mol.